The highest BCUT2D eigenvalue weighted by atomic mass is 35.5. The van der Waals surface area contributed by atoms with Crippen LogP contribution >= 0.6 is 11.6 Å². The number of hydrogen-bond donors (Lipinski definition) is 2. The molecule has 2 atom stereocenters. The van der Waals surface area contributed by atoms with Crippen LogP contribution in [0.3, 0.4) is 0 Å². The minimum Gasteiger partial charge on any atom is -0.508 e. The van der Waals surface area contributed by atoms with Gasteiger partial charge in [-0.1, -0.05) is 19.1 Å². The van der Waals surface area contributed by atoms with Crippen LogP contribution in [0.1, 0.15) is 25.8 Å². The first-order valence-corrected chi connectivity index (χ1v) is 6.70. The maximum Gasteiger partial charge on any atom is 0.224 e. The van der Waals surface area contributed by atoms with Crippen LogP contribution in [0, 0.1) is 5.92 Å². The fourth-order valence-electron chi connectivity index (χ4n) is 1.57. The van der Waals surface area contributed by atoms with Crippen molar-refractivity contribution in [1.82, 2.24) is 5.32 Å². The van der Waals surface area contributed by atoms with Crippen LogP contribution in [0.2, 0.25) is 0 Å². The molecule has 1 aromatic carbocycles. The monoisotopic (exact) mass is 269 g/mol. The van der Waals surface area contributed by atoms with Gasteiger partial charge in [0.2, 0.25) is 5.91 Å². The number of alkyl halides is 1. The number of carbonyl (C=O) groups is 1. The van der Waals surface area contributed by atoms with Crippen LogP contribution in [0.5, 0.6) is 5.75 Å². The molecule has 18 heavy (non-hydrogen) atoms. The van der Waals surface area contributed by atoms with Crippen molar-refractivity contribution in [3.8, 4) is 5.75 Å². The van der Waals surface area contributed by atoms with E-state index < -0.39 is 0 Å². The van der Waals surface area contributed by atoms with Gasteiger partial charge in [0.05, 0.1) is 0 Å². The van der Waals surface area contributed by atoms with Gasteiger partial charge in [-0.15, -0.1) is 11.6 Å². The summed E-state index contributed by atoms with van der Waals surface area (Å²) in [7, 11) is 0. The summed E-state index contributed by atoms with van der Waals surface area (Å²) < 4.78 is 0. The maximum atomic E-state index is 11.6. The van der Waals surface area contributed by atoms with Crippen molar-refractivity contribution in [2.75, 3.05) is 5.88 Å². The van der Waals surface area contributed by atoms with Crippen molar-refractivity contribution < 1.29 is 9.90 Å². The SMILES string of the molecule is CC(CCc1ccc(O)cc1)NC(=O)C(C)CCl. The summed E-state index contributed by atoms with van der Waals surface area (Å²) in [4.78, 5) is 11.6. The number of halogens is 1. The summed E-state index contributed by atoms with van der Waals surface area (Å²) in [6.07, 6.45) is 1.74. The molecule has 0 saturated carbocycles. The summed E-state index contributed by atoms with van der Waals surface area (Å²) in [5.74, 6) is 0.471. The first kappa shape index (κ1) is 14.8. The van der Waals surface area contributed by atoms with Crippen LogP contribution in [0.25, 0.3) is 0 Å². The van der Waals surface area contributed by atoms with Crippen LogP contribution in [0.15, 0.2) is 24.3 Å². The summed E-state index contributed by atoms with van der Waals surface area (Å²) in [6.45, 7) is 3.80. The Labute approximate surface area is 113 Å². The molecule has 0 aliphatic carbocycles. The highest BCUT2D eigenvalue weighted by Crippen LogP contribution is 2.12. The van der Waals surface area contributed by atoms with Crippen molar-refractivity contribution in [3.05, 3.63) is 29.8 Å². The lowest BCUT2D eigenvalue weighted by Gasteiger charge is -2.16. The Morgan fingerprint density at radius 3 is 2.50 bits per heavy atom. The number of nitrogens with one attached hydrogen (secondary N) is 1. The van der Waals surface area contributed by atoms with Crippen molar-refractivity contribution in [2.24, 2.45) is 5.92 Å². The molecule has 3 nitrogen and oxygen atoms in total. The number of carbonyl (C=O) groups excluding carboxylic acids is 1. The molecule has 0 saturated heterocycles. The average Bonchev–Trinajstić information content (AvgIpc) is 2.37. The Morgan fingerprint density at radius 1 is 1.33 bits per heavy atom. The van der Waals surface area contributed by atoms with Gasteiger partial charge in [0.15, 0.2) is 0 Å². The lowest BCUT2D eigenvalue weighted by molar-refractivity contribution is -0.124. The largest absolute Gasteiger partial charge is 0.508 e. The van der Waals surface area contributed by atoms with Gasteiger partial charge in [0, 0.05) is 17.8 Å². The Kier molecular flexibility index (Phi) is 5.99. The summed E-state index contributed by atoms with van der Waals surface area (Å²) >= 11 is 5.63. The zero-order valence-corrected chi connectivity index (χ0v) is 11.6. The van der Waals surface area contributed by atoms with Gasteiger partial charge >= 0.3 is 0 Å². The van der Waals surface area contributed by atoms with Crippen LogP contribution in [-0.2, 0) is 11.2 Å². The molecule has 1 aromatic rings. The Hall–Kier alpha value is -1.22. The van der Waals surface area contributed by atoms with Crippen molar-refractivity contribution in [1.29, 1.82) is 0 Å². The normalized spacial score (nSPS) is 13.9. The molecule has 100 valence electrons. The van der Waals surface area contributed by atoms with E-state index in [1.165, 1.54) is 0 Å². The molecule has 1 amide bonds. The maximum absolute atomic E-state index is 11.6. The van der Waals surface area contributed by atoms with E-state index in [1.54, 1.807) is 12.1 Å². The Bertz CT molecular complexity index is 378. The standard InChI is InChI=1S/C14H20ClNO2/c1-10(9-15)14(18)16-11(2)3-4-12-5-7-13(17)8-6-12/h5-8,10-11,17H,3-4,9H2,1-2H3,(H,16,18). The van der Waals surface area contributed by atoms with E-state index in [2.05, 4.69) is 5.32 Å². The third-order valence-corrected chi connectivity index (χ3v) is 3.33. The third-order valence-electron chi connectivity index (χ3n) is 2.87. The first-order valence-electron chi connectivity index (χ1n) is 6.17. The van der Waals surface area contributed by atoms with Gasteiger partial charge in [0.25, 0.3) is 0 Å². The number of amides is 1. The number of phenolic OH excluding ortho intramolecular Hbond substituents is 1. The molecule has 0 aliphatic heterocycles. The number of benzene rings is 1. The second-order valence-electron chi connectivity index (χ2n) is 4.67. The molecule has 0 aromatic heterocycles. The lowest BCUT2D eigenvalue weighted by Crippen LogP contribution is -2.37. The minimum atomic E-state index is -0.150. The van der Waals surface area contributed by atoms with Gasteiger partial charge in [-0.25, -0.2) is 0 Å². The molecule has 0 fully saturated rings. The summed E-state index contributed by atoms with van der Waals surface area (Å²) in [5, 5.41) is 12.1. The number of rotatable bonds is 6. The van der Waals surface area contributed by atoms with E-state index in [9.17, 15) is 9.90 Å². The van der Waals surface area contributed by atoms with Crippen LogP contribution < -0.4 is 5.32 Å². The highest BCUT2D eigenvalue weighted by Gasteiger charge is 2.13. The Balaban J connectivity index is 2.35. The number of aryl methyl sites for hydroxylation is 1. The van der Waals surface area contributed by atoms with E-state index in [4.69, 9.17) is 11.6 Å². The molecule has 0 heterocycles. The van der Waals surface area contributed by atoms with Gasteiger partial charge in [0.1, 0.15) is 5.75 Å². The first-order chi connectivity index (χ1) is 8.52. The second-order valence-corrected chi connectivity index (χ2v) is 4.98. The number of phenols is 1. The average molecular weight is 270 g/mol. The zero-order valence-electron chi connectivity index (χ0n) is 10.8. The third kappa shape index (κ3) is 4.96. The van der Waals surface area contributed by atoms with E-state index in [0.29, 0.717) is 5.88 Å². The van der Waals surface area contributed by atoms with E-state index in [0.717, 1.165) is 18.4 Å². The highest BCUT2D eigenvalue weighted by molar-refractivity contribution is 6.19. The molecule has 0 spiro atoms. The van der Waals surface area contributed by atoms with Gasteiger partial charge in [-0.05, 0) is 37.5 Å². The fourth-order valence-corrected chi connectivity index (χ4v) is 1.71. The molecule has 0 radical (unpaired) electrons. The van der Waals surface area contributed by atoms with Crippen molar-refractivity contribution in [3.63, 3.8) is 0 Å². The molecule has 0 bridgehead atoms. The smallest absolute Gasteiger partial charge is 0.224 e. The van der Waals surface area contributed by atoms with E-state index in [-0.39, 0.29) is 23.6 Å². The second kappa shape index (κ2) is 7.27. The van der Waals surface area contributed by atoms with E-state index >= 15 is 0 Å². The number of hydrogen-bond acceptors (Lipinski definition) is 2. The molecule has 0 aliphatic rings. The fraction of sp³-hybridized carbons (Fsp3) is 0.500. The summed E-state index contributed by atoms with van der Waals surface area (Å²) in [5.41, 5.74) is 1.15. The predicted molar refractivity (Wildman–Crippen MR) is 73.9 cm³/mol. The van der Waals surface area contributed by atoms with E-state index in [1.807, 2.05) is 26.0 Å². The minimum absolute atomic E-state index is 0.00297. The van der Waals surface area contributed by atoms with Gasteiger partial charge in [-0.3, -0.25) is 4.79 Å². The topological polar surface area (TPSA) is 49.3 Å². The molecular weight excluding hydrogens is 250 g/mol. The van der Waals surface area contributed by atoms with Gasteiger partial charge < -0.3 is 10.4 Å². The van der Waals surface area contributed by atoms with Crippen LogP contribution in [-0.4, -0.2) is 22.9 Å². The quantitative estimate of drug-likeness (QED) is 0.780. The number of aromatic hydroxyl groups is 1. The molecule has 1 rings (SSSR count). The Morgan fingerprint density at radius 2 is 1.94 bits per heavy atom. The zero-order chi connectivity index (χ0) is 13.5. The summed E-state index contributed by atoms with van der Waals surface area (Å²) in [6, 6.07) is 7.26. The molecule has 2 N–H and O–H groups in total. The molecule has 4 heteroatoms. The predicted octanol–water partition coefficient (Wildman–Crippen LogP) is 2.70. The van der Waals surface area contributed by atoms with Crippen molar-refractivity contribution in [2.45, 2.75) is 32.7 Å². The molecular formula is C14H20ClNO2. The van der Waals surface area contributed by atoms with Crippen molar-refractivity contribution >= 4 is 17.5 Å². The molecule has 2 unspecified atom stereocenters. The lowest BCUT2D eigenvalue weighted by atomic mass is 10.1. The van der Waals surface area contributed by atoms with Gasteiger partial charge in [-0.2, -0.15) is 0 Å². The van der Waals surface area contributed by atoms with Crippen LogP contribution in [0.4, 0.5) is 0 Å².